The molecule has 1 aromatic carbocycles. The van der Waals surface area contributed by atoms with E-state index in [0.717, 1.165) is 31.2 Å². The zero-order valence-corrected chi connectivity index (χ0v) is 15.0. The highest BCUT2D eigenvalue weighted by molar-refractivity contribution is 6.05. The van der Waals surface area contributed by atoms with Crippen molar-refractivity contribution in [3.05, 3.63) is 35.4 Å². The summed E-state index contributed by atoms with van der Waals surface area (Å²) >= 11 is 0. The Morgan fingerprint density at radius 2 is 1.64 bits per heavy atom. The van der Waals surface area contributed by atoms with Crippen LogP contribution in [0.2, 0.25) is 0 Å². The Kier molecular flexibility index (Phi) is 5.21. The number of nitrogens with zero attached hydrogens (tertiary/aromatic N) is 2. The quantitative estimate of drug-likeness (QED) is 0.773. The second-order valence-corrected chi connectivity index (χ2v) is 7.31. The van der Waals surface area contributed by atoms with Gasteiger partial charge in [-0.25, -0.2) is 0 Å². The number of hydrogen-bond acceptors (Lipinski definition) is 3. The summed E-state index contributed by atoms with van der Waals surface area (Å²) in [7, 11) is 1.76. The third kappa shape index (κ3) is 3.75. The van der Waals surface area contributed by atoms with E-state index < -0.39 is 0 Å². The van der Waals surface area contributed by atoms with Crippen LogP contribution in [0, 0.1) is 18.8 Å². The predicted molar refractivity (Wildman–Crippen MR) is 94.4 cm³/mol. The minimum absolute atomic E-state index is 0.0453. The molecule has 0 aromatic heterocycles. The average Bonchev–Trinajstić information content (AvgIpc) is 2.86. The van der Waals surface area contributed by atoms with Gasteiger partial charge in [-0.1, -0.05) is 42.7 Å². The largest absolute Gasteiger partial charge is 0.341 e. The lowest BCUT2D eigenvalue weighted by Gasteiger charge is -2.20. The van der Waals surface area contributed by atoms with Crippen LogP contribution in [0.5, 0.6) is 0 Å². The van der Waals surface area contributed by atoms with E-state index >= 15 is 0 Å². The first-order valence-corrected chi connectivity index (χ1v) is 9.12. The van der Waals surface area contributed by atoms with Crippen molar-refractivity contribution in [2.75, 3.05) is 13.6 Å². The molecule has 5 nitrogen and oxygen atoms in total. The van der Waals surface area contributed by atoms with E-state index in [1.165, 1.54) is 10.5 Å². The van der Waals surface area contributed by atoms with Crippen molar-refractivity contribution < 1.29 is 14.4 Å². The van der Waals surface area contributed by atoms with Crippen LogP contribution in [0.25, 0.3) is 0 Å². The van der Waals surface area contributed by atoms with Gasteiger partial charge >= 0.3 is 0 Å². The lowest BCUT2D eigenvalue weighted by Crippen LogP contribution is -2.36. The zero-order chi connectivity index (χ0) is 18.0. The van der Waals surface area contributed by atoms with Gasteiger partial charge in [0, 0.05) is 26.6 Å². The van der Waals surface area contributed by atoms with Crippen LogP contribution in [-0.2, 0) is 20.9 Å². The van der Waals surface area contributed by atoms with Crippen LogP contribution in [-0.4, -0.2) is 41.1 Å². The summed E-state index contributed by atoms with van der Waals surface area (Å²) in [6.45, 7) is 2.77. The SMILES string of the molecule is Cc1ccc(CN(C)C(=O)CCN2C(=O)[C@H]3CCCC[C@@H]3C2=O)cc1. The third-order valence-corrected chi connectivity index (χ3v) is 5.45. The molecule has 1 saturated carbocycles. The number of rotatable bonds is 5. The topological polar surface area (TPSA) is 57.7 Å². The van der Waals surface area contributed by atoms with Gasteiger partial charge < -0.3 is 4.90 Å². The number of aryl methyl sites for hydroxylation is 1. The summed E-state index contributed by atoms with van der Waals surface area (Å²) in [6, 6.07) is 8.07. The summed E-state index contributed by atoms with van der Waals surface area (Å²) in [5, 5.41) is 0. The molecule has 0 bridgehead atoms. The standard InChI is InChI=1S/C20H26N2O3/c1-14-7-9-15(10-8-14)13-21(2)18(23)11-12-22-19(24)16-5-3-4-6-17(16)20(22)25/h7-10,16-17H,3-6,11-13H2,1-2H3/t16-,17-/m0/s1. The van der Waals surface area contributed by atoms with Crippen LogP contribution in [0.1, 0.15) is 43.2 Å². The summed E-state index contributed by atoms with van der Waals surface area (Å²) in [6.07, 6.45) is 3.86. The Balaban J connectivity index is 1.53. The Hall–Kier alpha value is -2.17. The number of amides is 3. The molecular formula is C20H26N2O3. The lowest BCUT2D eigenvalue weighted by molar-refractivity contribution is -0.140. The maximum atomic E-state index is 12.4. The fraction of sp³-hybridized carbons (Fsp3) is 0.550. The molecule has 25 heavy (non-hydrogen) atoms. The molecule has 2 atom stereocenters. The Labute approximate surface area is 149 Å². The smallest absolute Gasteiger partial charge is 0.233 e. The molecule has 1 heterocycles. The molecule has 134 valence electrons. The monoisotopic (exact) mass is 342 g/mol. The number of likely N-dealkylation sites (tertiary alicyclic amines) is 1. The van der Waals surface area contributed by atoms with Gasteiger partial charge in [-0.2, -0.15) is 0 Å². The van der Waals surface area contributed by atoms with E-state index in [4.69, 9.17) is 0 Å². The average molecular weight is 342 g/mol. The van der Waals surface area contributed by atoms with Crippen molar-refractivity contribution in [3.8, 4) is 0 Å². The van der Waals surface area contributed by atoms with Gasteiger partial charge in [0.15, 0.2) is 0 Å². The highest BCUT2D eigenvalue weighted by Crippen LogP contribution is 2.37. The molecule has 1 saturated heterocycles. The molecule has 1 aliphatic carbocycles. The molecular weight excluding hydrogens is 316 g/mol. The van der Waals surface area contributed by atoms with E-state index in [-0.39, 0.29) is 42.5 Å². The molecule has 2 fully saturated rings. The summed E-state index contributed by atoms with van der Waals surface area (Å²) in [4.78, 5) is 40.2. The van der Waals surface area contributed by atoms with Gasteiger partial charge in [0.1, 0.15) is 0 Å². The predicted octanol–water partition coefficient (Wildman–Crippen LogP) is 2.52. The minimum Gasteiger partial charge on any atom is -0.341 e. The van der Waals surface area contributed by atoms with Crippen LogP contribution in [0.4, 0.5) is 0 Å². The van der Waals surface area contributed by atoms with Gasteiger partial charge in [0.2, 0.25) is 17.7 Å². The van der Waals surface area contributed by atoms with Crippen molar-refractivity contribution in [2.24, 2.45) is 11.8 Å². The van der Waals surface area contributed by atoms with Crippen molar-refractivity contribution in [1.82, 2.24) is 9.80 Å². The summed E-state index contributed by atoms with van der Waals surface area (Å²) < 4.78 is 0. The van der Waals surface area contributed by atoms with E-state index in [1.807, 2.05) is 31.2 Å². The molecule has 3 amide bonds. The van der Waals surface area contributed by atoms with Crippen molar-refractivity contribution in [1.29, 1.82) is 0 Å². The number of hydrogen-bond donors (Lipinski definition) is 0. The minimum atomic E-state index is -0.137. The Bertz CT molecular complexity index is 644. The number of carbonyl (C=O) groups excluding carboxylic acids is 3. The normalized spacial score (nSPS) is 22.9. The number of imide groups is 1. The highest BCUT2D eigenvalue weighted by Gasteiger charge is 2.47. The van der Waals surface area contributed by atoms with E-state index in [0.29, 0.717) is 6.54 Å². The Morgan fingerprint density at radius 3 is 2.20 bits per heavy atom. The van der Waals surface area contributed by atoms with Gasteiger partial charge in [-0.15, -0.1) is 0 Å². The van der Waals surface area contributed by atoms with E-state index in [9.17, 15) is 14.4 Å². The van der Waals surface area contributed by atoms with E-state index in [2.05, 4.69) is 0 Å². The van der Waals surface area contributed by atoms with Crippen LogP contribution in [0.3, 0.4) is 0 Å². The maximum Gasteiger partial charge on any atom is 0.233 e. The van der Waals surface area contributed by atoms with Crippen molar-refractivity contribution in [3.63, 3.8) is 0 Å². The van der Waals surface area contributed by atoms with Crippen LogP contribution in [0.15, 0.2) is 24.3 Å². The second-order valence-electron chi connectivity index (χ2n) is 7.31. The van der Waals surface area contributed by atoms with Crippen molar-refractivity contribution >= 4 is 17.7 Å². The number of fused-ring (bicyclic) bond motifs is 1. The molecule has 1 aromatic rings. The van der Waals surface area contributed by atoms with Gasteiger partial charge in [-0.3, -0.25) is 19.3 Å². The van der Waals surface area contributed by atoms with Crippen molar-refractivity contribution in [2.45, 2.75) is 45.6 Å². The van der Waals surface area contributed by atoms with Gasteiger partial charge in [-0.05, 0) is 25.3 Å². The molecule has 1 aliphatic heterocycles. The number of benzene rings is 1. The fourth-order valence-electron chi connectivity index (χ4n) is 3.91. The third-order valence-electron chi connectivity index (χ3n) is 5.45. The van der Waals surface area contributed by atoms with Gasteiger partial charge in [0.05, 0.1) is 11.8 Å². The first-order chi connectivity index (χ1) is 12.0. The molecule has 0 N–H and O–H groups in total. The number of carbonyl (C=O) groups is 3. The lowest BCUT2D eigenvalue weighted by atomic mass is 9.81. The molecule has 0 spiro atoms. The fourth-order valence-corrected chi connectivity index (χ4v) is 3.91. The Morgan fingerprint density at radius 1 is 1.08 bits per heavy atom. The molecule has 0 radical (unpaired) electrons. The first-order valence-electron chi connectivity index (χ1n) is 9.12. The molecule has 2 aliphatic rings. The molecule has 3 rings (SSSR count). The maximum absolute atomic E-state index is 12.4. The van der Waals surface area contributed by atoms with Crippen LogP contribution >= 0.6 is 0 Å². The highest BCUT2D eigenvalue weighted by atomic mass is 16.2. The zero-order valence-electron chi connectivity index (χ0n) is 15.0. The first kappa shape index (κ1) is 17.6. The van der Waals surface area contributed by atoms with E-state index in [1.54, 1.807) is 11.9 Å². The van der Waals surface area contributed by atoms with Crippen LogP contribution < -0.4 is 0 Å². The van der Waals surface area contributed by atoms with Gasteiger partial charge in [0.25, 0.3) is 0 Å². The molecule has 0 unspecified atom stereocenters. The molecule has 5 heteroatoms. The summed E-state index contributed by atoms with van der Waals surface area (Å²) in [5.74, 6) is -0.452. The second kappa shape index (κ2) is 7.38. The summed E-state index contributed by atoms with van der Waals surface area (Å²) in [5.41, 5.74) is 2.26.